The topological polar surface area (TPSA) is 63.3 Å². The Labute approximate surface area is 140 Å². The number of aromatic nitrogens is 2. The lowest BCUT2D eigenvalue weighted by Gasteiger charge is -2.16. The molecule has 0 aliphatic heterocycles. The maximum Gasteiger partial charge on any atom is 0.291 e. The van der Waals surface area contributed by atoms with E-state index in [4.69, 9.17) is 4.42 Å². The van der Waals surface area contributed by atoms with Crippen LogP contribution in [0.3, 0.4) is 0 Å². The number of anilines is 2. The molecule has 0 saturated carbocycles. The lowest BCUT2D eigenvalue weighted by atomic mass is 10.1. The number of amides is 1. The third-order valence-corrected chi connectivity index (χ3v) is 3.72. The molecular weight excluding hydrogens is 304 g/mol. The van der Waals surface area contributed by atoms with Crippen LogP contribution in [0.25, 0.3) is 0 Å². The minimum absolute atomic E-state index is 0.260. The molecule has 0 aliphatic carbocycles. The first-order valence-corrected chi connectivity index (χ1v) is 7.67. The van der Waals surface area contributed by atoms with E-state index in [1.54, 1.807) is 24.7 Å². The normalized spacial score (nSPS) is 10.6. The van der Waals surface area contributed by atoms with Crippen molar-refractivity contribution >= 4 is 17.3 Å². The van der Waals surface area contributed by atoms with Gasteiger partial charge in [0.15, 0.2) is 5.76 Å². The maximum atomic E-state index is 12.3. The predicted molar refractivity (Wildman–Crippen MR) is 93.5 cm³/mol. The monoisotopic (exact) mass is 324 g/mol. The zero-order valence-corrected chi connectivity index (χ0v) is 14.0. The molecule has 3 aromatic rings. The number of furan rings is 1. The van der Waals surface area contributed by atoms with Crippen LogP contribution in [0.4, 0.5) is 11.4 Å². The van der Waals surface area contributed by atoms with E-state index < -0.39 is 0 Å². The molecule has 0 saturated heterocycles. The second kappa shape index (κ2) is 6.62. The van der Waals surface area contributed by atoms with Gasteiger partial charge in [-0.05, 0) is 42.8 Å². The lowest BCUT2D eigenvalue weighted by Crippen LogP contribution is -2.13. The summed E-state index contributed by atoms with van der Waals surface area (Å²) >= 11 is 0. The van der Waals surface area contributed by atoms with Crippen LogP contribution in [0.15, 0.2) is 53.5 Å². The van der Waals surface area contributed by atoms with Gasteiger partial charge in [0.05, 0.1) is 12.9 Å². The Hall–Kier alpha value is -3.02. The number of benzene rings is 1. The molecule has 0 fully saturated rings. The van der Waals surface area contributed by atoms with Gasteiger partial charge < -0.3 is 19.2 Å². The van der Waals surface area contributed by atoms with Crippen molar-refractivity contribution in [1.82, 2.24) is 9.55 Å². The molecule has 124 valence electrons. The molecule has 1 aromatic carbocycles. The summed E-state index contributed by atoms with van der Waals surface area (Å²) in [7, 11) is 3.98. The van der Waals surface area contributed by atoms with Crippen molar-refractivity contribution in [1.29, 1.82) is 0 Å². The first-order valence-electron chi connectivity index (χ1n) is 7.67. The van der Waals surface area contributed by atoms with Gasteiger partial charge in [-0.15, -0.1) is 0 Å². The lowest BCUT2D eigenvalue weighted by molar-refractivity contribution is 0.0995. The predicted octanol–water partition coefficient (Wildman–Crippen LogP) is 3.15. The fraction of sp³-hybridized carbons (Fsp3) is 0.222. The van der Waals surface area contributed by atoms with E-state index in [0.717, 1.165) is 16.9 Å². The average molecular weight is 324 g/mol. The molecule has 0 aliphatic rings. The van der Waals surface area contributed by atoms with Crippen LogP contribution in [0.2, 0.25) is 0 Å². The second-order valence-electron chi connectivity index (χ2n) is 5.85. The molecule has 0 unspecified atom stereocenters. The minimum Gasteiger partial charge on any atom is -0.454 e. The first kappa shape index (κ1) is 15.9. The highest BCUT2D eigenvalue weighted by atomic mass is 16.4. The van der Waals surface area contributed by atoms with Gasteiger partial charge in [-0.2, -0.15) is 0 Å². The Morgan fingerprint density at radius 3 is 2.79 bits per heavy atom. The Bertz CT molecular complexity index is 835. The first-order chi connectivity index (χ1) is 11.5. The third kappa shape index (κ3) is 3.48. The maximum absolute atomic E-state index is 12.3. The number of hydrogen-bond donors (Lipinski definition) is 1. The fourth-order valence-electron chi connectivity index (χ4n) is 2.57. The van der Waals surface area contributed by atoms with E-state index in [2.05, 4.69) is 10.3 Å². The van der Waals surface area contributed by atoms with E-state index in [1.165, 1.54) is 0 Å². The summed E-state index contributed by atoms with van der Waals surface area (Å²) in [6.45, 7) is 2.56. The number of nitrogens with zero attached hydrogens (tertiary/aromatic N) is 3. The van der Waals surface area contributed by atoms with Crippen molar-refractivity contribution in [3.8, 4) is 0 Å². The Morgan fingerprint density at radius 1 is 1.29 bits per heavy atom. The highest BCUT2D eigenvalue weighted by Gasteiger charge is 2.12. The van der Waals surface area contributed by atoms with Crippen molar-refractivity contribution in [2.75, 3.05) is 24.3 Å². The van der Waals surface area contributed by atoms with Crippen LogP contribution in [-0.4, -0.2) is 29.6 Å². The smallest absolute Gasteiger partial charge is 0.291 e. The van der Waals surface area contributed by atoms with E-state index in [1.807, 2.05) is 54.9 Å². The molecule has 3 rings (SSSR count). The van der Waals surface area contributed by atoms with E-state index in [9.17, 15) is 4.79 Å². The summed E-state index contributed by atoms with van der Waals surface area (Å²) in [6.07, 6.45) is 5.25. The Kier molecular flexibility index (Phi) is 4.37. The van der Waals surface area contributed by atoms with Gasteiger partial charge in [-0.1, -0.05) is 0 Å². The van der Waals surface area contributed by atoms with E-state index in [-0.39, 0.29) is 5.91 Å². The molecule has 0 bridgehead atoms. The summed E-state index contributed by atoms with van der Waals surface area (Å²) < 4.78 is 7.49. The van der Waals surface area contributed by atoms with Crippen molar-refractivity contribution in [3.05, 3.63) is 66.1 Å². The summed E-state index contributed by atoms with van der Waals surface area (Å²) in [5, 5.41) is 2.87. The molecule has 0 atom stereocenters. The molecule has 1 N–H and O–H groups in total. The number of imidazole rings is 1. The minimum atomic E-state index is -0.260. The average Bonchev–Trinajstić information content (AvgIpc) is 3.19. The molecule has 6 heteroatoms. The van der Waals surface area contributed by atoms with Gasteiger partial charge in [0.25, 0.3) is 5.91 Å². The van der Waals surface area contributed by atoms with E-state index >= 15 is 0 Å². The van der Waals surface area contributed by atoms with E-state index in [0.29, 0.717) is 18.1 Å². The standard InChI is InChI=1S/C18H20N4O2/c1-13-10-14(4-6-16(13)21(2)3)20-18(23)17-7-5-15(24-17)11-22-9-8-19-12-22/h4-10,12H,11H2,1-3H3,(H,20,23). The van der Waals surface area contributed by atoms with Crippen LogP contribution < -0.4 is 10.2 Å². The number of rotatable bonds is 5. The number of aryl methyl sites for hydroxylation is 1. The second-order valence-corrected chi connectivity index (χ2v) is 5.85. The van der Waals surface area contributed by atoms with Crippen molar-refractivity contribution in [2.24, 2.45) is 0 Å². The number of carbonyl (C=O) groups is 1. The van der Waals surface area contributed by atoms with Crippen LogP contribution in [0, 0.1) is 6.92 Å². The molecule has 2 aromatic heterocycles. The quantitative estimate of drug-likeness (QED) is 0.783. The van der Waals surface area contributed by atoms with Crippen molar-refractivity contribution < 1.29 is 9.21 Å². The van der Waals surface area contributed by atoms with Crippen LogP contribution in [0.1, 0.15) is 21.9 Å². The van der Waals surface area contributed by atoms with Crippen LogP contribution in [-0.2, 0) is 6.54 Å². The zero-order valence-electron chi connectivity index (χ0n) is 14.0. The molecule has 6 nitrogen and oxygen atoms in total. The summed E-state index contributed by atoms with van der Waals surface area (Å²) in [5.41, 5.74) is 2.96. The zero-order chi connectivity index (χ0) is 17.1. The van der Waals surface area contributed by atoms with Crippen molar-refractivity contribution in [3.63, 3.8) is 0 Å². The molecule has 0 radical (unpaired) electrons. The molecule has 1 amide bonds. The highest BCUT2D eigenvalue weighted by molar-refractivity contribution is 6.02. The van der Waals surface area contributed by atoms with Gasteiger partial charge in [0, 0.05) is 37.9 Å². The molecule has 2 heterocycles. The van der Waals surface area contributed by atoms with Crippen LogP contribution in [0.5, 0.6) is 0 Å². The Balaban J connectivity index is 1.69. The summed E-state index contributed by atoms with van der Waals surface area (Å²) in [6, 6.07) is 9.30. The fourth-order valence-corrected chi connectivity index (χ4v) is 2.57. The largest absolute Gasteiger partial charge is 0.454 e. The van der Waals surface area contributed by atoms with Gasteiger partial charge >= 0.3 is 0 Å². The Morgan fingerprint density at radius 2 is 2.12 bits per heavy atom. The molecular formula is C18H20N4O2. The number of hydrogen-bond acceptors (Lipinski definition) is 4. The number of nitrogens with one attached hydrogen (secondary N) is 1. The van der Waals surface area contributed by atoms with Gasteiger partial charge in [-0.3, -0.25) is 4.79 Å². The van der Waals surface area contributed by atoms with Crippen LogP contribution >= 0.6 is 0 Å². The van der Waals surface area contributed by atoms with Gasteiger partial charge in [-0.25, -0.2) is 4.98 Å². The summed E-state index contributed by atoms with van der Waals surface area (Å²) in [5.74, 6) is 0.737. The number of carbonyl (C=O) groups excluding carboxylic acids is 1. The molecule has 0 spiro atoms. The van der Waals surface area contributed by atoms with Crippen molar-refractivity contribution in [2.45, 2.75) is 13.5 Å². The van der Waals surface area contributed by atoms with Gasteiger partial charge in [0.1, 0.15) is 5.76 Å². The highest BCUT2D eigenvalue weighted by Crippen LogP contribution is 2.22. The third-order valence-electron chi connectivity index (χ3n) is 3.72. The summed E-state index contributed by atoms with van der Waals surface area (Å²) in [4.78, 5) is 18.3. The molecule has 24 heavy (non-hydrogen) atoms. The van der Waals surface area contributed by atoms with Gasteiger partial charge in [0.2, 0.25) is 0 Å². The SMILES string of the molecule is Cc1cc(NC(=O)c2ccc(Cn3ccnc3)o2)ccc1N(C)C.